The Labute approximate surface area is 158 Å². The second-order valence-electron chi connectivity index (χ2n) is 8.66. The highest BCUT2D eigenvalue weighted by Gasteiger charge is 2.66. The van der Waals surface area contributed by atoms with E-state index in [1.165, 1.54) is 4.90 Å². The van der Waals surface area contributed by atoms with Gasteiger partial charge in [0.15, 0.2) is 0 Å². The summed E-state index contributed by atoms with van der Waals surface area (Å²) in [5, 5.41) is 2.88. The van der Waals surface area contributed by atoms with Crippen LogP contribution in [0.5, 0.6) is 0 Å². The van der Waals surface area contributed by atoms with Crippen LogP contribution in [-0.2, 0) is 14.4 Å². The van der Waals surface area contributed by atoms with E-state index in [1.807, 2.05) is 32.0 Å². The molecule has 5 heteroatoms. The highest BCUT2D eigenvalue weighted by Crippen LogP contribution is 2.65. The third-order valence-electron chi connectivity index (χ3n) is 6.82. The second kappa shape index (κ2) is 5.78. The predicted molar refractivity (Wildman–Crippen MR) is 101 cm³/mol. The van der Waals surface area contributed by atoms with Crippen LogP contribution in [0.25, 0.3) is 0 Å². The molecule has 1 aliphatic heterocycles. The molecule has 0 radical (unpaired) electrons. The molecular weight excluding hydrogens is 340 g/mol. The van der Waals surface area contributed by atoms with E-state index in [0.29, 0.717) is 11.8 Å². The first-order chi connectivity index (χ1) is 12.9. The molecule has 6 atom stereocenters. The molecule has 2 bridgehead atoms. The van der Waals surface area contributed by atoms with E-state index in [-0.39, 0.29) is 54.4 Å². The maximum Gasteiger partial charge on any atom is 0.233 e. The first-order valence-corrected chi connectivity index (χ1v) is 9.86. The molecule has 4 aliphatic carbocycles. The summed E-state index contributed by atoms with van der Waals surface area (Å²) in [4.78, 5) is 39.5. The zero-order chi connectivity index (χ0) is 18.9. The Kier molecular flexibility index (Phi) is 3.58. The zero-order valence-corrected chi connectivity index (χ0v) is 15.6. The molecule has 27 heavy (non-hydrogen) atoms. The number of amides is 3. The van der Waals surface area contributed by atoms with Crippen molar-refractivity contribution in [1.29, 1.82) is 0 Å². The Morgan fingerprint density at radius 1 is 1.00 bits per heavy atom. The van der Waals surface area contributed by atoms with Gasteiger partial charge in [0.1, 0.15) is 0 Å². The molecule has 1 heterocycles. The Hall–Kier alpha value is -2.43. The predicted octanol–water partition coefficient (Wildman–Crippen LogP) is 2.69. The molecule has 1 N–H and O–H groups in total. The molecule has 6 unspecified atom stereocenters. The van der Waals surface area contributed by atoms with Gasteiger partial charge in [-0.3, -0.25) is 19.3 Å². The lowest BCUT2D eigenvalue weighted by Crippen LogP contribution is -2.40. The summed E-state index contributed by atoms with van der Waals surface area (Å²) in [6.45, 7) is 4.15. The molecule has 1 saturated heterocycles. The largest absolute Gasteiger partial charge is 0.326 e. The van der Waals surface area contributed by atoms with Gasteiger partial charge >= 0.3 is 0 Å². The summed E-state index contributed by atoms with van der Waals surface area (Å²) in [7, 11) is 0. The fourth-order valence-corrected chi connectivity index (χ4v) is 5.72. The molecule has 2 saturated carbocycles. The van der Waals surface area contributed by atoms with E-state index < -0.39 is 0 Å². The number of likely N-dealkylation sites (tertiary alicyclic amines) is 1. The van der Waals surface area contributed by atoms with Gasteiger partial charge in [0.2, 0.25) is 17.7 Å². The van der Waals surface area contributed by atoms with Crippen LogP contribution in [-0.4, -0.2) is 29.2 Å². The highest BCUT2D eigenvalue weighted by molar-refractivity contribution is 6.06. The molecule has 3 amide bonds. The van der Waals surface area contributed by atoms with E-state index in [1.54, 1.807) is 0 Å². The number of imide groups is 1. The number of hydrogen-bond acceptors (Lipinski definition) is 3. The average molecular weight is 364 g/mol. The topological polar surface area (TPSA) is 66.5 Å². The summed E-state index contributed by atoms with van der Waals surface area (Å²) in [6.07, 6.45) is 5.64. The Morgan fingerprint density at radius 2 is 1.56 bits per heavy atom. The summed E-state index contributed by atoms with van der Waals surface area (Å²) in [5.74, 6) is 1.02. The van der Waals surface area contributed by atoms with Gasteiger partial charge in [-0.25, -0.2) is 0 Å². The maximum atomic E-state index is 12.9. The van der Waals surface area contributed by atoms with Gasteiger partial charge in [-0.05, 0) is 67.2 Å². The number of carbonyl (C=O) groups excluding carboxylic acids is 3. The van der Waals surface area contributed by atoms with Crippen LogP contribution in [0.1, 0.15) is 24.0 Å². The number of rotatable bonds is 4. The fourth-order valence-electron chi connectivity index (χ4n) is 5.72. The Bertz CT molecular complexity index is 833. The summed E-state index contributed by atoms with van der Waals surface area (Å²) >= 11 is 0. The lowest BCUT2D eigenvalue weighted by atomic mass is 9.63. The van der Waals surface area contributed by atoms with Gasteiger partial charge in [0.25, 0.3) is 0 Å². The highest BCUT2D eigenvalue weighted by atomic mass is 16.2. The Morgan fingerprint density at radius 3 is 2.11 bits per heavy atom. The van der Waals surface area contributed by atoms with Crippen LogP contribution in [0, 0.1) is 49.4 Å². The second-order valence-corrected chi connectivity index (χ2v) is 8.66. The van der Waals surface area contributed by atoms with Crippen molar-refractivity contribution >= 4 is 23.4 Å². The molecule has 5 aliphatic rings. The van der Waals surface area contributed by atoms with Crippen LogP contribution in [0.4, 0.5) is 5.69 Å². The molecule has 3 fully saturated rings. The van der Waals surface area contributed by atoms with Crippen molar-refractivity contribution in [1.82, 2.24) is 4.90 Å². The number of allylic oxidation sites excluding steroid dienone is 2. The van der Waals surface area contributed by atoms with Crippen molar-refractivity contribution in [2.75, 3.05) is 11.9 Å². The molecule has 1 aromatic rings. The normalized spacial score (nSPS) is 35.3. The number of anilines is 1. The zero-order valence-electron chi connectivity index (χ0n) is 15.6. The SMILES string of the molecule is Cc1cc(C)cc(NC(=O)CCN2C(=O)C3C4C=CC(C5CC45)C3C2=O)c1. The molecule has 1 aromatic carbocycles. The lowest BCUT2D eigenvalue weighted by Gasteiger charge is -2.37. The number of aryl methyl sites for hydroxylation is 2. The monoisotopic (exact) mass is 364 g/mol. The minimum atomic E-state index is -0.182. The summed E-state index contributed by atoms with van der Waals surface area (Å²) < 4.78 is 0. The third kappa shape index (κ3) is 2.55. The molecule has 0 aromatic heterocycles. The number of nitrogens with zero attached hydrogens (tertiary/aromatic N) is 1. The van der Waals surface area contributed by atoms with Crippen LogP contribution >= 0.6 is 0 Å². The van der Waals surface area contributed by atoms with Crippen molar-refractivity contribution in [2.45, 2.75) is 26.7 Å². The first kappa shape index (κ1) is 16.7. The van der Waals surface area contributed by atoms with E-state index in [0.717, 1.165) is 23.2 Å². The summed E-state index contributed by atoms with van der Waals surface area (Å²) in [6, 6.07) is 5.88. The van der Waals surface area contributed by atoms with Crippen molar-refractivity contribution in [3.05, 3.63) is 41.5 Å². The van der Waals surface area contributed by atoms with Gasteiger partial charge in [-0.1, -0.05) is 18.2 Å². The van der Waals surface area contributed by atoms with Gasteiger partial charge in [-0.2, -0.15) is 0 Å². The van der Waals surface area contributed by atoms with Gasteiger partial charge in [0, 0.05) is 18.7 Å². The molecule has 140 valence electrons. The van der Waals surface area contributed by atoms with Crippen LogP contribution in [0.15, 0.2) is 30.4 Å². The standard InChI is InChI=1S/C22H24N2O3/c1-11-7-12(2)9-13(8-11)23-18(25)5-6-24-21(26)19-14-3-4-15(17-10-16(14)17)20(19)22(24)27/h3-4,7-9,14-17,19-20H,5-6,10H2,1-2H3,(H,23,25). The lowest BCUT2D eigenvalue weighted by molar-refractivity contribution is -0.140. The first-order valence-electron chi connectivity index (χ1n) is 9.86. The molecule has 5 nitrogen and oxygen atoms in total. The van der Waals surface area contributed by atoms with E-state index in [9.17, 15) is 14.4 Å². The van der Waals surface area contributed by atoms with E-state index >= 15 is 0 Å². The Balaban J connectivity index is 1.25. The summed E-state index contributed by atoms with van der Waals surface area (Å²) in [5.41, 5.74) is 2.93. The van der Waals surface area contributed by atoms with E-state index in [2.05, 4.69) is 17.5 Å². The van der Waals surface area contributed by atoms with Crippen molar-refractivity contribution < 1.29 is 14.4 Å². The number of nitrogens with one attached hydrogen (secondary N) is 1. The smallest absolute Gasteiger partial charge is 0.233 e. The van der Waals surface area contributed by atoms with Crippen molar-refractivity contribution in [3.8, 4) is 0 Å². The molecule has 0 spiro atoms. The van der Waals surface area contributed by atoms with Crippen LogP contribution < -0.4 is 5.32 Å². The minimum Gasteiger partial charge on any atom is -0.326 e. The molecule has 6 rings (SSSR count). The average Bonchev–Trinajstić information content (AvgIpc) is 3.38. The third-order valence-corrected chi connectivity index (χ3v) is 6.82. The number of hydrogen-bond donors (Lipinski definition) is 1. The van der Waals surface area contributed by atoms with E-state index in [4.69, 9.17) is 0 Å². The number of benzene rings is 1. The van der Waals surface area contributed by atoms with Crippen LogP contribution in [0.2, 0.25) is 0 Å². The maximum absolute atomic E-state index is 12.9. The van der Waals surface area contributed by atoms with Crippen LogP contribution in [0.3, 0.4) is 0 Å². The van der Waals surface area contributed by atoms with Crippen molar-refractivity contribution in [2.24, 2.45) is 35.5 Å². The van der Waals surface area contributed by atoms with Gasteiger partial charge in [0.05, 0.1) is 11.8 Å². The van der Waals surface area contributed by atoms with Gasteiger partial charge < -0.3 is 5.32 Å². The molecular formula is C22H24N2O3. The number of carbonyl (C=O) groups is 3. The minimum absolute atomic E-state index is 0.0612. The quantitative estimate of drug-likeness (QED) is 0.660. The van der Waals surface area contributed by atoms with Gasteiger partial charge in [-0.15, -0.1) is 0 Å². The van der Waals surface area contributed by atoms with Crippen molar-refractivity contribution in [3.63, 3.8) is 0 Å². The fraction of sp³-hybridized carbons (Fsp3) is 0.500.